The summed E-state index contributed by atoms with van der Waals surface area (Å²) in [7, 11) is -3.51. The Morgan fingerprint density at radius 1 is 1.48 bits per heavy atom. The van der Waals surface area contributed by atoms with Crippen molar-refractivity contribution in [3.05, 3.63) is 23.8 Å². The van der Waals surface area contributed by atoms with E-state index in [1.54, 1.807) is 18.2 Å². The zero-order valence-corrected chi connectivity index (χ0v) is 13.2. The van der Waals surface area contributed by atoms with Gasteiger partial charge in [0, 0.05) is 19.1 Å². The van der Waals surface area contributed by atoms with Gasteiger partial charge in [0.1, 0.15) is 5.75 Å². The summed E-state index contributed by atoms with van der Waals surface area (Å²) >= 11 is 0. The summed E-state index contributed by atoms with van der Waals surface area (Å²) in [6.07, 6.45) is 0. The van der Waals surface area contributed by atoms with Gasteiger partial charge >= 0.3 is 0 Å². The molecule has 0 aliphatic carbocycles. The smallest absolute Gasteiger partial charge is 0.240 e. The number of ether oxygens (including phenoxy) is 2. The maximum atomic E-state index is 12.3. The van der Waals surface area contributed by atoms with Crippen LogP contribution in [0.5, 0.6) is 5.75 Å². The first-order valence-electron chi connectivity index (χ1n) is 7.07. The van der Waals surface area contributed by atoms with Gasteiger partial charge in [-0.05, 0) is 37.6 Å². The summed E-state index contributed by atoms with van der Waals surface area (Å²) in [5, 5.41) is 3.21. The van der Waals surface area contributed by atoms with Crippen LogP contribution in [0, 0.1) is 6.92 Å². The minimum Gasteiger partial charge on any atom is -0.494 e. The monoisotopic (exact) mass is 314 g/mol. The number of rotatable bonds is 6. The molecular formula is C14H22N2O4S. The Morgan fingerprint density at radius 2 is 2.29 bits per heavy atom. The molecule has 0 bridgehead atoms. The first-order valence-corrected chi connectivity index (χ1v) is 8.55. The second-order valence-electron chi connectivity index (χ2n) is 4.94. The van der Waals surface area contributed by atoms with Crippen LogP contribution >= 0.6 is 0 Å². The van der Waals surface area contributed by atoms with Crippen LogP contribution in [-0.4, -0.2) is 47.4 Å². The van der Waals surface area contributed by atoms with E-state index in [9.17, 15) is 8.42 Å². The van der Waals surface area contributed by atoms with Crippen molar-refractivity contribution in [2.24, 2.45) is 0 Å². The average molecular weight is 314 g/mol. The fourth-order valence-corrected chi connectivity index (χ4v) is 3.32. The molecule has 1 aliphatic rings. The zero-order chi connectivity index (χ0) is 15.3. The largest absolute Gasteiger partial charge is 0.494 e. The molecule has 1 fully saturated rings. The molecule has 118 valence electrons. The summed E-state index contributed by atoms with van der Waals surface area (Å²) in [5.74, 6) is 0.707. The van der Waals surface area contributed by atoms with Crippen molar-refractivity contribution < 1.29 is 17.9 Å². The first-order chi connectivity index (χ1) is 10.0. The Labute approximate surface area is 125 Å². The minimum atomic E-state index is -3.51. The fraction of sp³-hybridized carbons (Fsp3) is 0.571. The van der Waals surface area contributed by atoms with Crippen LogP contribution in [0.4, 0.5) is 0 Å². The summed E-state index contributed by atoms with van der Waals surface area (Å²) in [5.41, 5.74) is 0.804. The van der Waals surface area contributed by atoms with Crippen molar-refractivity contribution in [2.45, 2.75) is 24.8 Å². The quantitative estimate of drug-likeness (QED) is 0.807. The summed E-state index contributed by atoms with van der Waals surface area (Å²) < 4.78 is 37.9. The predicted octanol–water partition coefficient (Wildman–Crippen LogP) is 0.660. The molecule has 1 saturated heterocycles. The molecule has 1 heterocycles. The lowest BCUT2D eigenvalue weighted by Crippen LogP contribution is -2.48. The number of sulfonamides is 1. The van der Waals surface area contributed by atoms with Crippen LogP contribution in [0.2, 0.25) is 0 Å². The number of benzene rings is 1. The average Bonchev–Trinajstić information content (AvgIpc) is 2.48. The van der Waals surface area contributed by atoms with Crippen molar-refractivity contribution in [1.29, 1.82) is 0 Å². The van der Waals surface area contributed by atoms with Gasteiger partial charge in [0.25, 0.3) is 0 Å². The van der Waals surface area contributed by atoms with Crippen LogP contribution < -0.4 is 14.8 Å². The fourth-order valence-electron chi connectivity index (χ4n) is 2.15. The highest BCUT2D eigenvalue weighted by Crippen LogP contribution is 2.21. The number of hydrogen-bond acceptors (Lipinski definition) is 5. The third kappa shape index (κ3) is 4.41. The minimum absolute atomic E-state index is 0.0114. The predicted molar refractivity (Wildman–Crippen MR) is 80.1 cm³/mol. The van der Waals surface area contributed by atoms with Crippen LogP contribution in [0.1, 0.15) is 12.5 Å². The summed E-state index contributed by atoms with van der Waals surface area (Å²) in [4.78, 5) is 0.250. The number of hydrogen-bond donors (Lipinski definition) is 2. The topological polar surface area (TPSA) is 76.7 Å². The molecule has 6 nitrogen and oxygen atoms in total. The van der Waals surface area contributed by atoms with E-state index in [1.165, 1.54) is 0 Å². The van der Waals surface area contributed by atoms with Gasteiger partial charge < -0.3 is 14.8 Å². The Kier molecular flexibility index (Phi) is 5.58. The Balaban J connectivity index is 2.03. The van der Waals surface area contributed by atoms with E-state index < -0.39 is 10.0 Å². The highest BCUT2D eigenvalue weighted by molar-refractivity contribution is 7.89. The molecule has 0 aromatic heterocycles. The SMILES string of the molecule is CCOc1ccc(S(=O)(=O)NCC2COCCN2)cc1C. The van der Waals surface area contributed by atoms with Gasteiger partial charge in [0.05, 0.1) is 24.7 Å². The van der Waals surface area contributed by atoms with Gasteiger partial charge in [-0.25, -0.2) is 13.1 Å². The van der Waals surface area contributed by atoms with Gasteiger partial charge in [-0.15, -0.1) is 0 Å². The molecule has 1 atom stereocenters. The number of aryl methyl sites for hydroxylation is 1. The molecule has 7 heteroatoms. The van der Waals surface area contributed by atoms with E-state index >= 15 is 0 Å². The second kappa shape index (κ2) is 7.22. The van der Waals surface area contributed by atoms with Gasteiger partial charge in [0.15, 0.2) is 0 Å². The molecule has 0 radical (unpaired) electrons. The van der Waals surface area contributed by atoms with E-state index in [0.29, 0.717) is 32.1 Å². The van der Waals surface area contributed by atoms with Crippen molar-refractivity contribution in [1.82, 2.24) is 10.0 Å². The maximum Gasteiger partial charge on any atom is 0.240 e. The van der Waals surface area contributed by atoms with Crippen molar-refractivity contribution in [3.8, 4) is 5.75 Å². The highest BCUT2D eigenvalue weighted by Gasteiger charge is 2.19. The van der Waals surface area contributed by atoms with Gasteiger partial charge in [-0.3, -0.25) is 0 Å². The molecule has 0 amide bonds. The lowest BCUT2D eigenvalue weighted by atomic mass is 10.2. The van der Waals surface area contributed by atoms with E-state index in [0.717, 1.165) is 12.1 Å². The standard InChI is InChI=1S/C14H22N2O4S/c1-3-20-14-5-4-13(8-11(14)2)21(17,18)16-9-12-10-19-7-6-15-12/h4-5,8,12,15-16H,3,6-7,9-10H2,1-2H3. The highest BCUT2D eigenvalue weighted by atomic mass is 32.2. The molecule has 1 aromatic carbocycles. The third-order valence-corrected chi connectivity index (χ3v) is 4.70. The Morgan fingerprint density at radius 3 is 2.90 bits per heavy atom. The van der Waals surface area contributed by atoms with E-state index in [1.807, 2.05) is 13.8 Å². The third-order valence-electron chi connectivity index (χ3n) is 3.27. The first kappa shape index (κ1) is 16.2. The summed E-state index contributed by atoms with van der Waals surface area (Å²) in [6, 6.07) is 4.89. The lowest BCUT2D eigenvalue weighted by molar-refractivity contribution is 0.0784. The molecule has 1 unspecified atom stereocenters. The van der Waals surface area contributed by atoms with Gasteiger partial charge in [-0.2, -0.15) is 0 Å². The summed E-state index contributed by atoms with van der Waals surface area (Å²) in [6.45, 7) is 6.53. The molecule has 2 N–H and O–H groups in total. The lowest BCUT2D eigenvalue weighted by Gasteiger charge is -2.23. The van der Waals surface area contributed by atoms with Crippen molar-refractivity contribution in [3.63, 3.8) is 0 Å². The van der Waals surface area contributed by atoms with E-state index in [-0.39, 0.29) is 10.9 Å². The van der Waals surface area contributed by atoms with Crippen molar-refractivity contribution >= 4 is 10.0 Å². The molecule has 2 rings (SSSR count). The normalized spacial score (nSPS) is 19.4. The van der Waals surface area contributed by atoms with E-state index in [4.69, 9.17) is 9.47 Å². The van der Waals surface area contributed by atoms with Crippen molar-refractivity contribution in [2.75, 3.05) is 32.9 Å². The molecule has 0 saturated carbocycles. The van der Waals surface area contributed by atoms with Gasteiger partial charge in [-0.1, -0.05) is 0 Å². The maximum absolute atomic E-state index is 12.3. The van der Waals surface area contributed by atoms with Gasteiger partial charge in [0.2, 0.25) is 10.0 Å². The van der Waals surface area contributed by atoms with Crippen LogP contribution in [-0.2, 0) is 14.8 Å². The van der Waals surface area contributed by atoms with Crippen LogP contribution in [0.25, 0.3) is 0 Å². The number of morpholine rings is 1. The van der Waals surface area contributed by atoms with Crippen LogP contribution in [0.15, 0.2) is 23.1 Å². The molecule has 0 spiro atoms. The molecular weight excluding hydrogens is 292 g/mol. The molecule has 1 aliphatic heterocycles. The second-order valence-corrected chi connectivity index (χ2v) is 6.71. The Hall–Kier alpha value is -1.15. The molecule has 21 heavy (non-hydrogen) atoms. The number of nitrogens with one attached hydrogen (secondary N) is 2. The van der Waals surface area contributed by atoms with E-state index in [2.05, 4.69) is 10.0 Å². The Bertz CT molecular complexity index is 568. The van der Waals surface area contributed by atoms with Crippen LogP contribution in [0.3, 0.4) is 0 Å². The molecule has 1 aromatic rings. The zero-order valence-electron chi connectivity index (χ0n) is 12.4.